The number of tetrazole rings is 1. The Kier molecular flexibility index (Phi) is 7.88. The van der Waals surface area contributed by atoms with E-state index in [2.05, 4.69) is 30.2 Å². The molecule has 0 saturated heterocycles. The van der Waals surface area contributed by atoms with Gasteiger partial charge in [0.05, 0.1) is 32.5 Å². The van der Waals surface area contributed by atoms with Gasteiger partial charge in [-0.2, -0.15) is 9.36 Å². The number of nitrogens with zero attached hydrogens (tertiary/aromatic N) is 5. The molecule has 2 unspecified atom stereocenters. The molecule has 0 spiro atoms. The van der Waals surface area contributed by atoms with Crippen molar-refractivity contribution in [2.45, 2.75) is 24.8 Å². The number of aromatic nitrogens is 5. The SMILES string of the molecule is COC(=O)CC(SCC(NC(C)=O)C(=O)OC)n1nnn(-c2cccnc2)c1=O. The zero-order valence-corrected chi connectivity index (χ0v) is 16.8. The van der Waals surface area contributed by atoms with Crippen LogP contribution in [0, 0.1) is 0 Å². The number of esters is 2. The molecule has 0 bridgehead atoms. The predicted octanol–water partition coefficient (Wildman–Crippen LogP) is -0.703. The van der Waals surface area contributed by atoms with Crippen molar-refractivity contribution in [3.63, 3.8) is 0 Å². The van der Waals surface area contributed by atoms with Crippen LogP contribution in [-0.4, -0.2) is 68.6 Å². The maximum Gasteiger partial charge on any atom is 0.369 e. The molecular weight excluding hydrogens is 404 g/mol. The lowest BCUT2D eigenvalue weighted by molar-refractivity contribution is -0.144. The number of nitrogens with one attached hydrogen (secondary N) is 1. The van der Waals surface area contributed by atoms with Gasteiger partial charge in [-0.15, -0.1) is 11.8 Å². The van der Waals surface area contributed by atoms with Crippen LogP contribution in [0.5, 0.6) is 0 Å². The lowest BCUT2D eigenvalue weighted by atomic mass is 10.3. The molecule has 0 saturated carbocycles. The molecule has 0 aliphatic heterocycles. The van der Waals surface area contributed by atoms with E-state index in [4.69, 9.17) is 0 Å². The van der Waals surface area contributed by atoms with Gasteiger partial charge in [0.25, 0.3) is 0 Å². The van der Waals surface area contributed by atoms with Crippen molar-refractivity contribution < 1.29 is 23.9 Å². The first-order chi connectivity index (χ1) is 13.9. The molecule has 12 nitrogen and oxygen atoms in total. The van der Waals surface area contributed by atoms with E-state index in [0.29, 0.717) is 5.69 Å². The molecule has 2 aromatic rings. The number of rotatable bonds is 9. The quantitative estimate of drug-likeness (QED) is 0.512. The van der Waals surface area contributed by atoms with Gasteiger partial charge in [0.1, 0.15) is 11.4 Å². The second-order valence-corrected chi connectivity index (χ2v) is 6.88. The Hall–Kier alpha value is -3.22. The van der Waals surface area contributed by atoms with Gasteiger partial charge in [0.15, 0.2) is 0 Å². The summed E-state index contributed by atoms with van der Waals surface area (Å²) in [6.45, 7) is 1.26. The van der Waals surface area contributed by atoms with Crippen LogP contribution in [0.3, 0.4) is 0 Å². The summed E-state index contributed by atoms with van der Waals surface area (Å²) in [5, 5.41) is 9.29. The maximum absolute atomic E-state index is 12.7. The lowest BCUT2D eigenvalue weighted by Crippen LogP contribution is -2.42. The third-order valence-corrected chi connectivity index (χ3v) is 4.93. The topological polar surface area (TPSA) is 147 Å². The molecule has 0 aliphatic rings. The van der Waals surface area contributed by atoms with Crippen molar-refractivity contribution in [1.82, 2.24) is 30.1 Å². The molecule has 0 fully saturated rings. The van der Waals surface area contributed by atoms with Gasteiger partial charge in [0, 0.05) is 18.9 Å². The zero-order valence-electron chi connectivity index (χ0n) is 16.0. The fraction of sp³-hybridized carbons (Fsp3) is 0.438. The maximum atomic E-state index is 12.7. The number of amides is 1. The molecule has 2 aromatic heterocycles. The van der Waals surface area contributed by atoms with Gasteiger partial charge in [-0.05, 0) is 22.6 Å². The summed E-state index contributed by atoms with van der Waals surface area (Å²) in [5.41, 5.74) is -0.204. The number of methoxy groups -OCH3 is 2. The fourth-order valence-corrected chi connectivity index (χ4v) is 3.45. The Morgan fingerprint density at radius 2 is 2.00 bits per heavy atom. The van der Waals surface area contributed by atoms with Crippen LogP contribution in [-0.2, 0) is 23.9 Å². The van der Waals surface area contributed by atoms with E-state index in [0.717, 1.165) is 21.1 Å². The van der Waals surface area contributed by atoms with E-state index in [9.17, 15) is 19.2 Å². The summed E-state index contributed by atoms with van der Waals surface area (Å²) < 4.78 is 11.4. The summed E-state index contributed by atoms with van der Waals surface area (Å²) in [6.07, 6.45) is 2.78. The van der Waals surface area contributed by atoms with Crippen molar-refractivity contribution >= 4 is 29.6 Å². The molecule has 0 aliphatic carbocycles. The van der Waals surface area contributed by atoms with Crippen LogP contribution in [0.25, 0.3) is 5.69 Å². The number of pyridine rings is 1. The van der Waals surface area contributed by atoms with Crippen LogP contribution < -0.4 is 11.0 Å². The van der Waals surface area contributed by atoms with Crippen molar-refractivity contribution in [1.29, 1.82) is 0 Å². The van der Waals surface area contributed by atoms with Gasteiger partial charge in [0.2, 0.25) is 5.91 Å². The Morgan fingerprint density at radius 1 is 1.24 bits per heavy atom. The van der Waals surface area contributed by atoms with E-state index in [1.54, 1.807) is 18.3 Å². The minimum Gasteiger partial charge on any atom is -0.469 e. The van der Waals surface area contributed by atoms with E-state index < -0.39 is 35.0 Å². The predicted molar refractivity (Wildman–Crippen MR) is 101 cm³/mol. The van der Waals surface area contributed by atoms with Crippen molar-refractivity contribution in [3.8, 4) is 5.69 Å². The van der Waals surface area contributed by atoms with Crippen LogP contribution in [0.4, 0.5) is 0 Å². The molecule has 0 radical (unpaired) electrons. The number of carbonyl (C=O) groups excluding carboxylic acids is 3. The third kappa shape index (κ3) is 5.88. The summed E-state index contributed by atoms with van der Waals surface area (Å²) in [6, 6.07) is 2.29. The Morgan fingerprint density at radius 3 is 2.59 bits per heavy atom. The van der Waals surface area contributed by atoms with Gasteiger partial charge in [-0.3, -0.25) is 14.6 Å². The van der Waals surface area contributed by atoms with E-state index >= 15 is 0 Å². The first-order valence-electron chi connectivity index (χ1n) is 8.35. The molecule has 2 heterocycles. The molecule has 1 amide bonds. The average molecular weight is 424 g/mol. The third-order valence-electron chi connectivity index (χ3n) is 3.65. The van der Waals surface area contributed by atoms with E-state index in [1.807, 2.05) is 0 Å². The minimum absolute atomic E-state index is 0.0279. The lowest BCUT2D eigenvalue weighted by Gasteiger charge is -2.19. The van der Waals surface area contributed by atoms with Crippen molar-refractivity contribution in [2.24, 2.45) is 0 Å². The van der Waals surface area contributed by atoms with E-state index in [1.165, 1.54) is 27.3 Å². The number of ether oxygens (including phenoxy) is 2. The highest BCUT2D eigenvalue weighted by Gasteiger charge is 2.27. The van der Waals surface area contributed by atoms with Crippen molar-refractivity contribution in [2.75, 3.05) is 20.0 Å². The smallest absolute Gasteiger partial charge is 0.369 e. The molecule has 2 rings (SSSR count). The van der Waals surface area contributed by atoms with Crippen LogP contribution in [0.15, 0.2) is 29.3 Å². The van der Waals surface area contributed by atoms with Crippen molar-refractivity contribution in [3.05, 3.63) is 35.0 Å². The van der Waals surface area contributed by atoms with Crippen LogP contribution in [0.2, 0.25) is 0 Å². The first kappa shape index (κ1) is 22.1. The molecule has 29 heavy (non-hydrogen) atoms. The molecular formula is C16H20N6O6S. The number of hydrogen-bond acceptors (Lipinski definition) is 10. The number of carbonyl (C=O) groups is 3. The monoisotopic (exact) mass is 424 g/mol. The fourth-order valence-electron chi connectivity index (χ4n) is 2.28. The standard InChI is InChI=1S/C16H20N6O6S/c1-10(23)18-12(15(25)28-3)9-29-13(7-14(24)27-2)22-16(26)21(19-20-22)11-5-4-6-17-8-11/h4-6,8,12-13H,7,9H2,1-3H3,(H,18,23). The molecule has 1 N–H and O–H groups in total. The Bertz CT molecular complexity index is 914. The van der Waals surface area contributed by atoms with Gasteiger partial charge in [-0.1, -0.05) is 0 Å². The summed E-state index contributed by atoms with van der Waals surface area (Å²) >= 11 is 1.05. The highest BCUT2D eigenvalue weighted by Crippen LogP contribution is 2.26. The molecule has 2 atom stereocenters. The average Bonchev–Trinajstić information content (AvgIpc) is 3.10. The normalized spacial score (nSPS) is 12.7. The Labute approximate surface area is 169 Å². The number of thioether (sulfide) groups is 1. The summed E-state index contributed by atoms with van der Waals surface area (Å²) in [5.74, 6) is -1.64. The van der Waals surface area contributed by atoms with Gasteiger partial charge >= 0.3 is 17.6 Å². The highest BCUT2D eigenvalue weighted by molar-refractivity contribution is 7.99. The zero-order chi connectivity index (χ0) is 21.4. The number of hydrogen-bond donors (Lipinski definition) is 1. The second kappa shape index (κ2) is 10.4. The molecule has 156 valence electrons. The molecule has 13 heteroatoms. The van der Waals surface area contributed by atoms with E-state index in [-0.39, 0.29) is 12.2 Å². The summed E-state index contributed by atoms with van der Waals surface area (Å²) in [4.78, 5) is 51.7. The van der Waals surface area contributed by atoms with Gasteiger partial charge < -0.3 is 14.8 Å². The van der Waals surface area contributed by atoms with Gasteiger partial charge in [-0.25, -0.2) is 9.59 Å². The second-order valence-electron chi connectivity index (χ2n) is 5.67. The minimum atomic E-state index is -0.966. The summed E-state index contributed by atoms with van der Waals surface area (Å²) in [7, 11) is 2.41. The van der Waals surface area contributed by atoms with Crippen LogP contribution in [0.1, 0.15) is 18.7 Å². The van der Waals surface area contributed by atoms with Crippen LogP contribution >= 0.6 is 11.8 Å². The largest absolute Gasteiger partial charge is 0.469 e. The first-order valence-corrected chi connectivity index (χ1v) is 9.40. The Balaban J connectivity index is 2.28. The molecule has 0 aromatic carbocycles. The highest BCUT2D eigenvalue weighted by atomic mass is 32.2.